The Morgan fingerprint density at radius 3 is 2.39 bits per heavy atom. The lowest BCUT2D eigenvalue weighted by atomic mass is 9.86. The van der Waals surface area contributed by atoms with Crippen molar-refractivity contribution in [3.05, 3.63) is 95.3 Å². The predicted octanol–water partition coefficient (Wildman–Crippen LogP) is 5.00. The molecule has 6 nitrogen and oxygen atoms in total. The Morgan fingerprint density at radius 2 is 1.78 bits per heavy atom. The van der Waals surface area contributed by atoms with Crippen LogP contribution in [0.15, 0.2) is 72.9 Å². The standard InChI is InChI=1S/C29H33N3O3S/c1-29(2,3)22-12-8-21(9-13-22)28-32(27(34)20-10-14-24(35-4)15-11-20)25(19-36-28)26(33)31-18-16-23-7-5-6-17-30-23/h5-15,17,25,28H,16,18-19H2,1-4H3,(H,31,33). The summed E-state index contributed by atoms with van der Waals surface area (Å²) in [6, 6.07) is 20.6. The van der Waals surface area contributed by atoms with E-state index in [1.807, 2.05) is 18.2 Å². The number of nitrogens with one attached hydrogen (secondary N) is 1. The van der Waals surface area contributed by atoms with Crippen molar-refractivity contribution in [3.63, 3.8) is 0 Å². The summed E-state index contributed by atoms with van der Waals surface area (Å²) in [5.41, 5.74) is 3.72. The molecule has 1 N–H and O–H groups in total. The van der Waals surface area contributed by atoms with Gasteiger partial charge in [-0.05, 0) is 52.9 Å². The van der Waals surface area contributed by atoms with Crippen LogP contribution in [0.3, 0.4) is 0 Å². The maximum atomic E-state index is 13.7. The summed E-state index contributed by atoms with van der Waals surface area (Å²) < 4.78 is 5.25. The SMILES string of the molecule is COc1ccc(C(=O)N2C(C(=O)NCCc3ccccn3)CSC2c2ccc(C(C)(C)C)cc2)cc1. The minimum absolute atomic E-state index is 0.0377. The first-order chi connectivity index (χ1) is 17.3. The van der Waals surface area contributed by atoms with Gasteiger partial charge in [-0.2, -0.15) is 0 Å². The highest BCUT2D eigenvalue weighted by Gasteiger charge is 2.42. The minimum atomic E-state index is -0.569. The van der Waals surface area contributed by atoms with Crippen molar-refractivity contribution in [2.45, 2.75) is 44.0 Å². The zero-order valence-electron chi connectivity index (χ0n) is 21.2. The van der Waals surface area contributed by atoms with Gasteiger partial charge in [0.25, 0.3) is 5.91 Å². The smallest absolute Gasteiger partial charge is 0.255 e. The number of pyridine rings is 1. The van der Waals surface area contributed by atoms with Gasteiger partial charge in [-0.15, -0.1) is 11.8 Å². The molecule has 0 aliphatic carbocycles. The minimum Gasteiger partial charge on any atom is -0.497 e. The molecular formula is C29H33N3O3S. The van der Waals surface area contributed by atoms with Gasteiger partial charge >= 0.3 is 0 Å². The summed E-state index contributed by atoms with van der Waals surface area (Å²) in [7, 11) is 1.59. The highest BCUT2D eigenvalue weighted by atomic mass is 32.2. The molecule has 0 spiro atoms. The fraction of sp³-hybridized carbons (Fsp3) is 0.345. The second-order valence-electron chi connectivity index (χ2n) is 9.88. The Labute approximate surface area is 217 Å². The monoisotopic (exact) mass is 503 g/mol. The number of benzene rings is 2. The van der Waals surface area contributed by atoms with Gasteiger partial charge < -0.3 is 15.0 Å². The van der Waals surface area contributed by atoms with Gasteiger partial charge in [-0.25, -0.2) is 0 Å². The summed E-state index contributed by atoms with van der Waals surface area (Å²) in [5, 5.41) is 2.77. The van der Waals surface area contributed by atoms with Gasteiger partial charge in [0.2, 0.25) is 5.91 Å². The molecule has 3 aromatic rings. The Bertz CT molecular complexity index is 1180. The number of methoxy groups -OCH3 is 1. The summed E-state index contributed by atoms with van der Waals surface area (Å²) in [5.74, 6) is 0.898. The van der Waals surface area contributed by atoms with Crippen LogP contribution in [0, 0.1) is 0 Å². The number of thioether (sulfide) groups is 1. The van der Waals surface area contributed by atoms with Crippen molar-refractivity contribution >= 4 is 23.6 Å². The van der Waals surface area contributed by atoms with E-state index in [2.05, 4.69) is 55.3 Å². The predicted molar refractivity (Wildman–Crippen MR) is 144 cm³/mol. The first-order valence-corrected chi connectivity index (χ1v) is 13.2. The molecule has 1 aliphatic heterocycles. The van der Waals surface area contributed by atoms with Crippen LogP contribution in [0.25, 0.3) is 0 Å². The molecule has 4 rings (SSSR count). The van der Waals surface area contributed by atoms with Crippen molar-refractivity contribution in [1.82, 2.24) is 15.2 Å². The fourth-order valence-electron chi connectivity index (χ4n) is 4.22. The highest BCUT2D eigenvalue weighted by Crippen LogP contribution is 2.43. The molecule has 0 saturated carbocycles. The summed E-state index contributed by atoms with van der Waals surface area (Å²) in [4.78, 5) is 33.1. The molecule has 1 aromatic heterocycles. The van der Waals surface area contributed by atoms with Crippen LogP contribution < -0.4 is 10.1 Å². The lowest BCUT2D eigenvalue weighted by Crippen LogP contribution is -2.48. The highest BCUT2D eigenvalue weighted by molar-refractivity contribution is 7.99. The maximum absolute atomic E-state index is 13.7. The molecule has 2 aromatic carbocycles. The normalized spacial score (nSPS) is 17.6. The van der Waals surface area contributed by atoms with E-state index in [9.17, 15) is 9.59 Å². The Hall–Kier alpha value is -3.32. The number of hydrogen-bond donors (Lipinski definition) is 1. The zero-order chi connectivity index (χ0) is 25.7. The third kappa shape index (κ3) is 5.90. The van der Waals surface area contributed by atoms with Crippen LogP contribution in [0.4, 0.5) is 0 Å². The molecule has 7 heteroatoms. The Kier molecular flexibility index (Phi) is 7.99. The molecule has 1 aliphatic rings. The number of carbonyl (C=O) groups excluding carboxylic acids is 2. The van der Waals surface area contributed by atoms with Crippen molar-refractivity contribution in [3.8, 4) is 5.75 Å². The van der Waals surface area contributed by atoms with Gasteiger partial charge in [0.1, 0.15) is 17.2 Å². The van der Waals surface area contributed by atoms with E-state index < -0.39 is 6.04 Å². The largest absolute Gasteiger partial charge is 0.497 e. The van der Waals surface area contributed by atoms with E-state index in [1.54, 1.807) is 54.2 Å². The molecule has 188 valence electrons. The molecule has 2 atom stereocenters. The van der Waals surface area contributed by atoms with E-state index >= 15 is 0 Å². The Morgan fingerprint density at radius 1 is 1.06 bits per heavy atom. The first-order valence-electron chi connectivity index (χ1n) is 12.1. The van der Waals surface area contributed by atoms with Crippen molar-refractivity contribution in [2.24, 2.45) is 0 Å². The van der Waals surface area contributed by atoms with Crippen molar-refractivity contribution in [2.75, 3.05) is 19.4 Å². The van der Waals surface area contributed by atoms with Crippen LogP contribution in [0.1, 0.15) is 53.3 Å². The number of aromatic nitrogens is 1. The number of carbonyl (C=O) groups is 2. The fourth-order valence-corrected chi connectivity index (χ4v) is 5.65. The molecule has 2 amide bonds. The van der Waals surface area contributed by atoms with Crippen molar-refractivity contribution in [1.29, 1.82) is 0 Å². The summed E-state index contributed by atoms with van der Waals surface area (Å²) in [6.45, 7) is 7.00. The van der Waals surface area contributed by atoms with Gasteiger partial charge in [0, 0.05) is 36.2 Å². The Balaban J connectivity index is 1.56. The van der Waals surface area contributed by atoms with Crippen LogP contribution in [0.2, 0.25) is 0 Å². The quantitative estimate of drug-likeness (QED) is 0.491. The van der Waals surface area contributed by atoms with E-state index in [4.69, 9.17) is 4.74 Å². The molecular weight excluding hydrogens is 470 g/mol. The van der Waals surface area contributed by atoms with E-state index in [0.29, 0.717) is 30.0 Å². The molecule has 1 saturated heterocycles. The topological polar surface area (TPSA) is 71.5 Å². The molecule has 2 unspecified atom stereocenters. The number of rotatable bonds is 7. The van der Waals surface area contributed by atoms with Crippen molar-refractivity contribution < 1.29 is 14.3 Å². The third-order valence-corrected chi connectivity index (χ3v) is 7.67. The second-order valence-corrected chi connectivity index (χ2v) is 11.0. The molecule has 2 heterocycles. The average Bonchev–Trinajstić information content (AvgIpc) is 3.34. The zero-order valence-corrected chi connectivity index (χ0v) is 22.0. The third-order valence-electron chi connectivity index (χ3n) is 6.34. The van der Waals surface area contributed by atoms with Gasteiger partial charge in [-0.1, -0.05) is 51.1 Å². The van der Waals surface area contributed by atoms with Gasteiger partial charge in [0.15, 0.2) is 0 Å². The van der Waals surface area contributed by atoms with Crippen LogP contribution in [0.5, 0.6) is 5.75 Å². The maximum Gasteiger partial charge on any atom is 0.255 e. The summed E-state index contributed by atoms with van der Waals surface area (Å²) >= 11 is 1.62. The van der Waals surface area contributed by atoms with E-state index in [0.717, 1.165) is 11.3 Å². The number of ether oxygens (including phenoxy) is 1. The first kappa shape index (κ1) is 25.8. The van der Waals surface area contributed by atoms with E-state index in [1.165, 1.54) is 5.56 Å². The average molecular weight is 504 g/mol. The molecule has 0 bridgehead atoms. The molecule has 36 heavy (non-hydrogen) atoms. The molecule has 0 radical (unpaired) electrons. The number of amides is 2. The summed E-state index contributed by atoms with van der Waals surface area (Å²) in [6.07, 6.45) is 2.38. The van der Waals surface area contributed by atoms with Crippen LogP contribution >= 0.6 is 11.8 Å². The van der Waals surface area contributed by atoms with Crippen LogP contribution in [-0.2, 0) is 16.6 Å². The lowest BCUT2D eigenvalue weighted by molar-refractivity contribution is -0.124. The van der Waals surface area contributed by atoms with Gasteiger partial charge in [0.05, 0.1) is 7.11 Å². The molecule has 1 fully saturated rings. The number of nitrogens with zero attached hydrogens (tertiary/aromatic N) is 2. The van der Waals surface area contributed by atoms with Crippen LogP contribution in [-0.4, -0.2) is 47.1 Å². The second kappa shape index (κ2) is 11.2. The van der Waals surface area contributed by atoms with Gasteiger partial charge in [-0.3, -0.25) is 14.6 Å². The number of hydrogen-bond acceptors (Lipinski definition) is 5. The van der Waals surface area contributed by atoms with E-state index in [-0.39, 0.29) is 22.6 Å². The lowest BCUT2D eigenvalue weighted by Gasteiger charge is -2.30.